The molecule has 0 unspecified atom stereocenters. The van der Waals surface area contributed by atoms with Gasteiger partial charge in [0.05, 0.1) is 24.8 Å². The van der Waals surface area contributed by atoms with Gasteiger partial charge in [-0.2, -0.15) is 0 Å². The van der Waals surface area contributed by atoms with Crippen LogP contribution in [0.15, 0.2) is 40.8 Å². The Balaban J connectivity index is 1.30. The second-order valence-electron chi connectivity index (χ2n) is 7.88. The van der Waals surface area contributed by atoms with Crippen LogP contribution < -0.4 is 15.4 Å². The first-order valence-electron chi connectivity index (χ1n) is 10.7. The number of carbonyl (C=O) groups is 2. The number of nitrogens with zero attached hydrogens (tertiary/aromatic N) is 2. The normalized spacial score (nSPS) is 17.5. The smallest absolute Gasteiger partial charge is 0.320 e. The Morgan fingerprint density at radius 3 is 2.34 bits per heavy atom. The van der Waals surface area contributed by atoms with E-state index in [2.05, 4.69) is 20.8 Å². The molecule has 0 saturated heterocycles. The fourth-order valence-corrected chi connectivity index (χ4v) is 3.68. The quantitative estimate of drug-likeness (QED) is 0.365. The maximum atomic E-state index is 13.7. The first-order valence-corrected chi connectivity index (χ1v) is 10.7. The van der Waals surface area contributed by atoms with Crippen LogP contribution in [-0.4, -0.2) is 35.3 Å². The third kappa shape index (κ3) is 5.89. The van der Waals surface area contributed by atoms with Crippen LogP contribution in [0, 0.1) is 23.4 Å². The Hall–Kier alpha value is -4.09. The van der Waals surface area contributed by atoms with Crippen molar-refractivity contribution in [3.05, 3.63) is 59.7 Å². The average Bonchev–Trinajstić information content (AvgIpc) is 3.32. The van der Waals surface area contributed by atoms with Gasteiger partial charge in [0.15, 0.2) is 11.6 Å². The molecule has 2 N–H and O–H groups in total. The van der Waals surface area contributed by atoms with Gasteiger partial charge in [0.2, 0.25) is 0 Å². The number of halogens is 3. The predicted molar refractivity (Wildman–Crippen MR) is 117 cm³/mol. The van der Waals surface area contributed by atoms with Gasteiger partial charge in [0, 0.05) is 17.8 Å². The highest BCUT2D eigenvalue weighted by Gasteiger charge is 2.28. The summed E-state index contributed by atoms with van der Waals surface area (Å²) >= 11 is 0. The lowest BCUT2D eigenvalue weighted by atomic mass is 9.87. The molecule has 0 radical (unpaired) electrons. The van der Waals surface area contributed by atoms with Crippen LogP contribution in [0.5, 0.6) is 5.75 Å². The molecule has 2 aromatic carbocycles. The van der Waals surface area contributed by atoms with Crippen molar-refractivity contribution in [1.82, 2.24) is 10.2 Å². The van der Waals surface area contributed by atoms with Crippen molar-refractivity contribution >= 4 is 29.3 Å². The lowest BCUT2D eigenvalue weighted by Crippen LogP contribution is -2.28. The van der Waals surface area contributed by atoms with Crippen LogP contribution in [0.4, 0.5) is 30.6 Å². The minimum Gasteiger partial charge on any atom is -0.490 e. The van der Waals surface area contributed by atoms with Gasteiger partial charge in [-0.3, -0.25) is 9.59 Å². The van der Waals surface area contributed by atoms with Crippen molar-refractivity contribution in [2.45, 2.75) is 31.8 Å². The summed E-state index contributed by atoms with van der Waals surface area (Å²) in [6.45, 7) is 0. The van der Waals surface area contributed by atoms with Gasteiger partial charge in [-0.25, -0.2) is 13.2 Å². The third-order valence-electron chi connectivity index (χ3n) is 5.49. The summed E-state index contributed by atoms with van der Waals surface area (Å²) in [6.07, 6.45) is 2.87. The van der Waals surface area contributed by atoms with Gasteiger partial charge in [0.25, 0.3) is 0 Å². The summed E-state index contributed by atoms with van der Waals surface area (Å²) in [5.74, 6) is -4.52. The van der Waals surface area contributed by atoms with E-state index in [0.717, 1.165) is 12.8 Å². The number of ether oxygens (including phenoxy) is 2. The SMILES string of the molecule is COC(=O)C1CCC(Oc2ccc(NC(=O)c3nnc(Nc4cc(F)c(F)cc4F)o3)cc2)CC1. The van der Waals surface area contributed by atoms with Crippen LogP contribution in [0.3, 0.4) is 0 Å². The summed E-state index contributed by atoms with van der Waals surface area (Å²) in [7, 11) is 1.39. The van der Waals surface area contributed by atoms with E-state index in [4.69, 9.17) is 13.9 Å². The summed E-state index contributed by atoms with van der Waals surface area (Å²) in [5.41, 5.74) is -0.00927. The zero-order valence-electron chi connectivity index (χ0n) is 18.5. The minimum atomic E-state index is -1.35. The lowest BCUT2D eigenvalue weighted by molar-refractivity contribution is -0.147. The second-order valence-corrected chi connectivity index (χ2v) is 7.88. The molecule has 1 aliphatic rings. The first-order chi connectivity index (χ1) is 16.8. The van der Waals surface area contributed by atoms with Gasteiger partial charge in [-0.1, -0.05) is 5.10 Å². The predicted octanol–water partition coefficient (Wildman–Crippen LogP) is 4.59. The van der Waals surface area contributed by atoms with E-state index in [1.807, 2.05) is 0 Å². The molecule has 0 aliphatic heterocycles. The number of hydrogen-bond acceptors (Lipinski definition) is 8. The van der Waals surface area contributed by atoms with E-state index in [1.165, 1.54) is 7.11 Å². The number of anilines is 3. The van der Waals surface area contributed by atoms with Crippen molar-refractivity contribution in [1.29, 1.82) is 0 Å². The van der Waals surface area contributed by atoms with Gasteiger partial charge in [-0.05, 0) is 49.9 Å². The van der Waals surface area contributed by atoms with E-state index in [1.54, 1.807) is 24.3 Å². The molecule has 12 heteroatoms. The molecule has 1 heterocycles. The highest BCUT2D eigenvalue weighted by atomic mass is 19.2. The Bertz CT molecular complexity index is 1210. The lowest BCUT2D eigenvalue weighted by Gasteiger charge is -2.27. The molecule has 35 heavy (non-hydrogen) atoms. The fraction of sp³-hybridized carbons (Fsp3) is 0.304. The zero-order chi connectivity index (χ0) is 24.9. The van der Waals surface area contributed by atoms with Crippen LogP contribution in [-0.2, 0) is 9.53 Å². The molecule has 4 rings (SSSR count). The van der Waals surface area contributed by atoms with Crippen LogP contribution in [0.25, 0.3) is 0 Å². The van der Waals surface area contributed by atoms with Crippen molar-refractivity contribution in [3.8, 4) is 5.75 Å². The van der Waals surface area contributed by atoms with E-state index >= 15 is 0 Å². The van der Waals surface area contributed by atoms with E-state index in [-0.39, 0.29) is 24.0 Å². The fourth-order valence-electron chi connectivity index (χ4n) is 3.68. The van der Waals surface area contributed by atoms with Gasteiger partial charge >= 0.3 is 23.8 Å². The number of carbonyl (C=O) groups excluding carboxylic acids is 2. The maximum Gasteiger partial charge on any atom is 0.320 e. The number of nitrogens with one attached hydrogen (secondary N) is 2. The molecule has 184 valence electrons. The molecule has 1 fully saturated rings. The highest BCUT2D eigenvalue weighted by Crippen LogP contribution is 2.29. The number of methoxy groups -OCH3 is 1. The first kappa shape index (κ1) is 24.0. The van der Waals surface area contributed by atoms with Gasteiger partial charge < -0.3 is 24.5 Å². The van der Waals surface area contributed by atoms with E-state index < -0.39 is 34.9 Å². The number of hydrogen-bond donors (Lipinski definition) is 2. The van der Waals surface area contributed by atoms with E-state index in [9.17, 15) is 22.8 Å². The highest BCUT2D eigenvalue weighted by molar-refractivity contribution is 6.00. The molecule has 0 bridgehead atoms. The molecule has 0 spiro atoms. The molecule has 3 aromatic rings. The maximum absolute atomic E-state index is 13.7. The minimum absolute atomic E-state index is 0.0138. The Kier molecular flexibility index (Phi) is 7.18. The molecule has 1 aromatic heterocycles. The molecule has 0 atom stereocenters. The molecular weight excluding hydrogens is 469 g/mol. The Labute approximate surface area is 197 Å². The summed E-state index contributed by atoms with van der Waals surface area (Å²) < 4.78 is 56.0. The van der Waals surface area contributed by atoms with E-state index in [0.29, 0.717) is 36.4 Å². The number of amides is 1. The summed E-state index contributed by atoms with van der Waals surface area (Å²) in [4.78, 5) is 24.0. The van der Waals surface area contributed by atoms with Crippen molar-refractivity contribution in [3.63, 3.8) is 0 Å². The van der Waals surface area contributed by atoms with Crippen molar-refractivity contribution in [2.75, 3.05) is 17.7 Å². The average molecular weight is 490 g/mol. The Morgan fingerprint density at radius 1 is 0.971 bits per heavy atom. The summed E-state index contributed by atoms with van der Waals surface area (Å²) in [6, 6.07) is 7.19. The van der Waals surface area contributed by atoms with Crippen molar-refractivity contribution in [2.24, 2.45) is 5.92 Å². The third-order valence-corrected chi connectivity index (χ3v) is 5.49. The number of aromatic nitrogens is 2. The molecule has 1 saturated carbocycles. The number of esters is 1. The van der Waals surface area contributed by atoms with Gasteiger partial charge in [0.1, 0.15) is 11.6 Å². The zero-order valence-corrected chi connectivity index (χ0v) is 18.5. The van der Waals surface area contributed by atoms with Crippen molar-refractivity contribution < 1.29 is 36.7 Å². The number of benzene rings is 2. The second kappa shape index (κ2) is 10.5. The van der Waals surface area contributed by atoms with Gasteiger partial charge in [-0.15, -0.1) is 5.10 Å². The molecule has 1 amide bonds. The molecular formula is C23H21F3N4O5. The molecule has 1 aliphatic carbocycles. The van der Waals surface area contributed by atoms with Crippen LogP contribution in [0.1, 0.15) is 36.4 Å². The van der Waals surface area contributed by atoms with Crippen LogP contribution in [0.2, 0.25) is 0 Å². The summed E-state index contributed by atoms with van der Waals surface area (Å²) in [5, 5.41) is 12.0. The largest absolute Gasteiger partial charge is 0.490 e. The molecule has 9 nitrogen and oxygen atoms in total. The number of rotatable bonds is 7. The topological polar surface area (TPSA) is 116 Å². The Morgan fingerprint density at radius 2 is 1.66 bits per heavy atom. The van der Waals surface area contributed by atoms with Crippen LogP contribution >= 0.6 is 0 Å². The monoisotopic (exact) mass is 490 g/mol. The standard InChI is InChI=1S/C23H21F3N4O5/c1-33-22(32)12-2-6-14(7-3-12)34-15-8-4-13(5-9-15)27-20(31)21-29-30-23(35-21)28-19-11-17(25)16(24)10-18(19)26/h4-5,8-12,14H,2-3,6-7H2,1H3,(H,27,31)(H,28,30).